The topological polar surface area (TPSA) is 12.9 Å². The van der Waals surface area contributed by atoms with Crippen LogP contribution in [0.25, 0.3) is 0 Å². The number of aromatic nitrogens is 1. The molecule has 0 aliphatic heterocycles. The van der Waals surface area contributed by atoms with Crippen LogP contribution >= 0.6 is 0 Å². The fourth-order valence-corrected chi connectivity index (χ4v) is 2.12. The summed E-state index contributed by atoms with van der Waals surface area (Å²) in [6.07, 6.45) is 5.21. The molecule has 0 N–H and O–H groups in total. The van der Waals surface area contributed by atoms with E-state index in [4.69, 9.17) is 0 Å². The SMILES string of the molecule is Cc1cc2c(c(C)n1)CCCC2. The van der Waals surface area contributed by atoms with Gasteiger partial charge in [0.15, 0.2) is 0 Å². The summed E-state index contributed by atoms with van der Waals surface area (Å²) in [6, 6.07) is 2.25. The van der Waals surface area contributed by atoms with Gasteiger partial charge in [-0.25, -0.2) is 0 Å². The number of nitrogens with zero attached hydrogens (tertiary/aromatic N) is 1. The van der Waals surface area contributed by atoms with Crippen LogP contribution < -0.4 is 0 Å². The number of hydrogen-bond acceptors (Lipinski definition) is 1. The van der Waals surface area contributed by atoms with E-state index in [9.17, 15) is 0 Å². The first-order valence-corrected chi connectivity index (χ1v) is 4.73. The summed E-state index contributed by atoms with van der Waals surface area (Å²) in [7, 11) is 0. The van der Waals surface area contributed by atoms with Crippen LogP contribution in [0, 0.1) is 13.8 Å². The second kappa shape index (κ2) is 2.89. The fraction of sp³-hybridized carbons (Fsp3) is 0.545. The van der Waals surface area contributed by atoms with Crippen molar-refractivity contribution < 1.29 is 0 Å². The molecule has 0 saturated heterocycles. The van der Waals surface area contributed by atoms with Gasteiger partial charge in [0.1, 0.15) is 0 Å². The van der Waals surface area contributed by atoms with Crippen molar-refractivity contribution in [1.82, 2.24) is 4.98 Å². The Morgan fingerprint density at radius 3 is 2.75 bits per heavy atom. The molecule has 1 aliphatic rings. The van der Waals surface area contributed by atoms with E-state index in [-0.39, 0.29) is 0 Å². The minimum absolute atomic E-state index is 1.17. The molecular weight excluding hydrogens is 146 g/mol. The lowest BCUT2D eigenvalue weighted by Crippen LogP contribution is -2.07. The number of fused-ring (bicyclic) bond motifs is 1. The number of pyridine rings is 1. The molecule has 2 rings (SSSR count). The molecule has 0 fully saturated rings. The standard InChI is InChI=1S/C11H15N/c1-8-7-10-5-3-4-6-11(10)9(2)12-8/h7H,3-6H2,1-2H3. The van der Waals surface area contributed by atoms with Crippen molar-refractivity contribution in [1.29, 1.82) is 0 Å². The average Bonchev–Trinajstić information content (AvgIpc) is 2.04. The molecule has 1 aromatic heterocycles. The Kier molecular flexibility index (Phi) is 1.87. The minimum atomic E-state index is 1.17. The first-order valence-electron chi connectivity index (χ1n) is 4.73. The van der Waals surface area contributed by atoms with E-state index in [0.29, 0.717) is 0 Å². The Bertz CT molecular complexity index is 302. The maximum absolute atomic E-state index is 4.49. The van der Waals surface area contributed by atoms with Crippen molar-refractivity contribution in [3.8, 4) is 0 Å². The first kappa shape index (κ1) is 7.78. The zero-order valence-electron chi connectivity index (χ0n) is 7.85. The van der Waals surface area contributed by atoms with E-state index in [0.717, 1.165) is 0 Å². The summed E-state index contributed by atoms with van der Waals surface area (Å²) in [4.78, 5) is 4.49. The summed E-state index contributed by atoms with van der Waals surface area (Å²) in [5.74, 6) is 0. The largest absolute Gasteiger partial charge is 0.258 e. The molecule has 0 amide bonds. The highest BCUT2D eigenvalue weighted by Gasteiger charge is 2.12. The highest BCUT2D eigenvalue weighted by molar-refractivity contribution is 5.33. The van der Waals surface area contributed by atoms with Gasteiger partial charge in [-0.1, -0.05) is 0 Å². The van der Waals surface area contributed by atoms with E-state index in [1.165, 1.54) is 42.6 Å². The second-order valence-corrected chi connectivity index (χ2v) is 3.69. The maximum atomic E-state index is 4.49. The molecule has 1 nitrogen and oxygen atoms in total. The van der Waals surface area contributed by atoms with Crippen LogP contribution in [0.3, 0.4) is 0 Å². The van der Waals surface area contributed by atoms with Gasteiger partial charge in [-0.15, -0.1) is 0 Å². The molecule has 0 bridgehead atoms. The predicted octanol–water partition coefficient (Wildman–Crippen LogP) is 2.58. The van der Waals surface area contributed by atoms with Gasteiger partial charge in [0.25, 0.3) is 0 Å². The van der Waals surface area contributed by atoms with Gasteiger partial charge in [-0.05, 0) is 56.7 Å². The molecule has 0 unspecified atom stereocenters. The third kappa shape index (κ3) is 1.24. The quantitative estimate of drug-likeness (QED) is 0.570. The van der Waals surface area contributed by atoms with E-state index < -0.39 is 0 Å². The molecule has 0 radical (unpaired) electrons. The summed E-state index contributed by atoms with van der Waals surface area (Å²) in [6.45, 7) is 4.22. The van der Waals surface area contributed by atoms with Crippen molar-refractivity contribution >= 4 is 0 Å². The van der Waals surface area contributed by atoms with Crippen LogP contribution in [0.2, 0.25) is 0 Å². The molecule has 64 valence electrons. The lowest BCUT2D eigenvalue weighted by atomic mass is 9.91. The van der Waals surface area contributed by atoms with Crippen LogP contribution in [0.15, 0.2) is 6.07 Å². The number of hydrogen-bond donors (Lipinski definition) is 0. The van der Waals surface area contributed by atoms with Crippen LogP contribution in [-0.2, 0) is 12.8 Å². The highest BCUT2D eigenvalue weighted by Crippen LogP contribution is 2.23. The van der Waals surface area contributed by atoms with Crippen molar-refractivity contribution in [2.75, 3.05) is 0 Å². The highest BCUT2D eigenvalue weighted by atomic mass is 14.7. The first-order chi connectivity index (χ1) is 5.77. The molecule has 0 atom stereocenters. The lowest BCUT2D eigenvalue weighted by molar-refractivity contribution is 0.675. The smallest absolute Gasteiger partial charge is 0.0410 e. The van der Waals surface area contributed by atoms with E-state index in [2.05, 4.69) is 24.9 Å². The molecule has 12 heavy (non-hydrogen) atoms. The zero-order chi connectivity index (χ0) is 8.55. The molecule has 1 aromatic rings. The third-order valence-corrected chi connectivity index (χ3v) is 2.67. The van der Waals surface area contributed by atoms with E-state index in [1.807, 2.05) is 0 Å². The molecule has 0 aromatic carbocycles. The monoisotopic (exact) mass is 161 g/mol. The molecule has 1 heterocycles. The number of aryl methyl sites for hydroxylation is 3. The summed E-state index contributed by atoms with van der Waals surface area (Å²) < 4.78 is 0. The van der Waals surface area contributed by atoms with Gasteiger partial charge in [0, 0.05) is 11.4 Å². The van der Waals surface area contributed by atoms with Gasteiger partial charge < -0.3 is 0 Å². The van der Waals surface area contributed by atoms with Crippen molar-refractivity contribution in [2.24, 2.45) is 0 Å². The Hall–Kier alpha value is -0.850. The normalized spacial score (nSPS) is 15.8. The van der Waals surface area contributed by atoms with Crippen LogP contribution in [0.1, 0.15) is 35.4 Å². The van der Waals surface area contributed by atoms with Gasteiger partial charge in [0.05, 0.1) is 0 Å². The van der Waals surface area contributed by atoms with Gasteiger partial charge in [-0.2, -0.15) is 0 Å². The average molecular weight is 161 g/mol. The second-order valence-electron chi connectivity index (χ2n) is 3.69. The lowest BCUT2D eigenvalue weighted by Gasteiger charge is -2.17. The third-order valence-electron chi connectivity index (χ3n) is 2.67. The van der Waals surface area contributed by atoms with Gasteiger partial charge >= 0.3 is 0 Å². The summed E-state index contributed by atoms with van der Waals surface area (Å²) in [5.41, 5.74) is 5.50. The molecule has 0 saturated carbocycles. The molecular formula is C11H15N. The van der Waals surface area contributed by atoms with E-state index in [1.54, 1.807) is 5.56 Å². The number of rotatable bonds is 0. The Morgan fingerprint density at radius 2 is 1.92 bits per heavy atom. The molecule has 1 aliphatic carbocycles. The van der Waals surface area contributed by atoms with Gasteiger partial charge in [-0.3, -0.25) is 4.98 Å². The van der Waals surface area contributed by atoms with Crippen molar-refractivity contribution in [2.45, 2.75) is 39.5 Å². The molecule has 0 spiro atoms. The Balaban J connectivity index is 2.53. The Labute approximate surface area is 73.8 Å². The van der Waals surface area contributed by atoms with Crippen LogP contribution in [0.4, 0.5) is 0 Å². The van der Waals surface area contributed by atoms with Crippen molar-refractivity contribution in [3.05, 3.63) is 28.6 Å². The van der Waals surface area contributed by atoms with Gasteiger partial charge in [0.2, 0.25) is 0 Å². The van der Waals surface area contributed by atoms with Crippen LogP contribution in [-0.4, -0.2) is 4.98 Å². The molecule has 1 heteroatoms. The predicted molar refractivity (Wildman–Crippen MR) is 50.4 cm³/mol. The van der Waals surface area contributed by atoms with Crippen LogP contribution in [0.5, 0.6) is 0 Å². The minimum Gasteiger partial charge on any atom is -0.258 e. The summed E-state index contributed by atoms with van der Waals surface area (Å²) >= 11 is 0. The van der Waals surface area contributed by atoms with E-state index >= 15 is 0 Å². The Morgan fingerprint density at radius 1 is 1.17 bits per heavy atom. The fourth-order valence-electron chi connectivity index (χ4n) is 2.12. The maximum Gasteiger partial charge on any atom is 0.0410 e. The summed E-state index contributed by atoms with van der Waals surface area (Å²) in [5, 5.41) is 0. The zero-order valence-corrected chi connectivity index (χ0v) is 7.85. The van der Waals surface area contributed by atoms with Crippen molar-refractivity contribution in [3.63, 3.8) is 0 Å².